The lowest BCUT2D eigenvalue weighted by Gasteiger charge is -2.33. The van der Waals surface area contributed by atoms with Gasteiger partial charge in [0, 0.05) is 26.5 Å². The number of methoxy groups -OCH3 is 1. The van der Waals surface area contributed by atoms with E-state index in [1.807, 2.05) is 0 Å². The predicted molar refractivity (Wildman–Crippen MR) is 109 cm³/mol. The second kappa shape index (κ2) is 9.58. The highest BCUT2D eigenvalue weighted by atomic mass is 32.2. The Morgan fingerprint density at radius 1 is 1.24 bits per heavy atom. The molecule has 160 valence electrons. The van der Waals surface area contributed by atoms with E-state index in [1.165, 1.54) is 6.26 Å². The first-order chi connectivity index (χ1) is 13.9. The molecule has 0 saturated carbocycles. The third-order valence-electron chi connectivity index (χ3n) is 5.44. The molecule has 1 aliphatic heterocycles. The first-order valence-electron chi connectivity index (χ1n) is 9.86. The molecule has 3 rings (SSSR count). The van der Waals surface area contributed by atoms with Gasteiger partial charge in [-0.1, -0.05) is 12.1 Å². The molecule has 0 aliphatic carbocycles. The number of nitrogens with zero attached hydrogens (tertiary/aromatic N) is 3. The van der Waals surface area contributed by atoms with Gasteiger partial charge in [0.1, 0.15) is 12.4 Å². The third kappa shape index (κ3) is 5.93. The van der Waals surface area contributed by atoms with E-state index in [9.17, 15) is 8.42 Å². The zero-order valence-corrected chi connectivity index (χ0v) is 18.0. The monoisotopic (exact) mass is 423 g/mol. The first kappa shape index (κ1) is 21.6. The molecule has 2 aromatic rings. The SMILES string of the molecule is COCc1noc(N2CCC([C@H](C)CCOc3ccc(S(C)(=O)=O)cc3)CC2)n1. The van der Waals surface area contributed by atoms with Crippen molar-refractivity contribution in [1.29, 1.82) is 0 Å². The van der Waals surface area contributed by atoms with Crippen LogP contribution in [0.1, 0.15) is 32.0 Å². The van der Waals surface area contributed by atoms with Gasteiger partial charge >= 0.3 is 6.01 Å². The molecule has 2 heterocycles. The van der Waals surface area contributed by atoms with Crippen molar-refractivity contribution in [3.63, 3.8) is 0 Å². The van der Waals surface area contributed by atoms with E-state index < -0.39 is 9.84 Å². The van der Waals surface area contributed by atoms with Gasteiger partial charge in [-0.2, -0.15) is 4.98 Å². The fourth-order valence-corrected chi connectivity index (χ4v) is 4.23. The van der Waals surface area contributed by atoms with Crippen LogP contribution in [0.15, 0.2) is 33.7 Å². The first-order valence-corrected chi connectivity index (χ1v) is 11.8. The summed E-state index contributed by atoms with van der Waals surface area (Å²) in [5.74, 6) is 2.44. The van der Waals surface area contributed by atoms with Crippen LogP contribution < -0.4 is 9.64 Å². The number of anilines is 1. The molecule has 1 aromatic heterocycles. The van der Waals surface area contributed by atoms with Gasteiger partial charge in [0.2, 0.25) is 0 Å². The molecule has 1 atom stereocenters. The lowest BCUT2D eigenvalue weighted by molar-refractivity contribution is 0.174. The summed E-state index contributed by atoms with van der Waals surface area (Å²) in [7, 11) is -1.57. The Balaban J connectivity index is 1.41. The number of hydrogen-bond acceptors (Lipinski definition) is 8. The molecule has 1 aromatic carbocycles. The summed E-state index contributed by atoms with van der Waals surface area (Å²) in [6.45, 7) is 5.03. The van der Waals surface area contributed by atoms with E-state index in [4.69, 9.17) is 14.0 Å². The predicted octanol–water partition coefficient (Wildman–Crippen LogP) is 2.94. The number of ether oxygens (including phenoxy) is 2. The van der Waals surface area contributed by atoms with E-state index in [1.54, 1.807) is 31.4 Å². The summed E-state index contributed by atoms with van der Waals surface area (Å²) >= 11 is 0. The lowest BCUT2D eigenvalue weighted by atomic mass is 9.84. The number of hydrogen-bond donors (Lipinski definition) is 0. The molecule has 9 heteroatoms. The number of aromatic nitrogens is 2. The fourth-order valence-electron chi connectivity index (χ4n) is 3.60. The molecule has 0 amide bonds. The molecule has 0 spiro atoms. The van der Waals surface area contributed by atoms with Crippen LogP contribution in [0.4, 0.5) is 6.01 Å². The number of piperidine rings is 1. The van der Waals surface area contributed by atoms with E-state index in [0.717, 1.165) is 32.4 Å². The molecule has 0 N–H and O–H groups in total. The highest BCUT2D eigenvalue weighted by Gasteiger charge is 2.26. The van der Waals surface area contributed by atoms with Gasteiger partial charge in [-0.15, -0.1) is 0 Å². The fraction of sp³-hybridized carbons (Fsp3) is 0.600. The lowest BCUT2D eigenvalue weighted by Crippen LogP contribution is -2.36. The van der Waals surface area contributed by atoms with Crippen molar-refractivity contribution >= 4 is 15.9 Å². The van der Waals surface area contributed by atoms with Crippen molar-refractivity contribution in [1.82, 2.24) is 10.1 Å². The average molecular weight is 424 g/mol. The standard InChI is InChI=1S/C20H29N3O5S/c1-15(10-13-27-17-4-6-18(7-5-17)29(3,24)25)16-8-11-23(12-9-16)20-21-19(14-26-2)22-28-20/h4-7,15-16H,8-14H2,1-3H3/t15-/m1/s1. The Hall–Kier alpha value is -2.13. The highest BCUT2D eigenvalue weighted by Crippen LogP contribution is 2.29. The smallest absolute Gasteiger partial charge is 0.324 e. The molecular weight excluding hydrogens is 394 g/mol. The van der Waals surface area contributed by atoms with Crippen LogP contribution >= 0.6 is 0 Å². The van der Waals surface area contributed by atoms with Gasteiger partial charge in [0.05, 0.1) is 11.5 Å². The van der Waals surface area contributed by atoms with Crippen molar-refractivity contribution in [2.75, 3.05) is 38.0 Å². The normalized spacial score (nSPS) is 16.7. The van der Waals surface area contributed by atoms with E-state index >= 15 is 0 Å². The minimum absolute atomic E-state index is 0.306. The second-order valence-corrected chi connectivity index (χ2v) is 9.62. The van der Waals surface area contributed by atoms with Crippen LogP contribution in [-0.4, -0.2) is 51.6 Å². The van der Waals surface area contributed by atoms with Crippen LogP contribution in [0.3, 0.4) is 0 Å². The van der Waals surface area contributed by atoms with E-state index in [2.05, 4.69) is 22.0 Å². The zero-order chi connectivity index (χ0) is 20.9. The Labute approximate surface area is 172 Å². The Bertz CT molecular complexity index is 874. The largest absolute Gasteiger partial charge is 0.494 e. The molecule has 1 aliphatic rings. The van der Waals surface area contributed by atoms with E-state index in [0.29, 0.717) is 47.5 Å². The molecule has 29 heavy (non-hydrogen) atoms. The molecule has 1 saturated heterocycles. The summed E-state index contributed by atoms with van der Waals surface area (Å²) in [6.07, 6.45) is 4.31. The van der Waals surface area contributed by atoms with Crippen molar-refractivity contribution < 1.29 is 22.4 Å². The Kier molecular flexibility index (Phi) is 7.13. The maximum absolute atomic E-state index is 11.5. The summed E-state index contributed by atoms with van der Waals surface area (Å²) in [5.41, 5.74) is 0. The highest BCUT2D eigenvalue weighted by molar-refractivity contribution is 7.90. The van der Waals surface area contributed by atoms with Crippen LogP contribution in [0.2, 0.25) is 0 Å². The van der Waals surface area contributed by atoms with Gasteiger partial charge < -0.3 is 18.9 Å². The Morgan fingerprint density at radius 3 is 2.55 bits per heavy atom. The van der Waals surface area contributed by atoms with Gasteiger partial charge in [0.15, 0.2) is 15.7 Å². The summed E-state index contributed by atoms with van der Waals surface area (Å²) in [6, 6.07) is 7.16. The second-order valence-electron chi connectivity index (χ2n) is 7.61. The third-order valence-corrected chi connectivity index (χ3v) is 6.57. The summed E-state index contributed by atoms with van der Waals surface area (Å²) in [5, 5.41) is 3.92. The quantitative estimate of drug-likeness (QED) is 0.608. The molecule has 0 radical (unpaired) electrons. The number of rotatable bonds is 9. The molecule has 8 nitrogen and oxygen atoms in total. The minimum Gasteiger partial charge on any atom is -0.494 e. The van der Waals surface area contributed by atoms with Crippen LogP contribution in [0, 0.1) is 11.8 Å². The maximum Gasteiger partial charge on any atom is 0.324 e. The number of benzene rings is 1. The topological polar surface area (TPSA) is 94.8 Å². The number of sulfone groups is 1. The summed E-state index contributed by atoms with van der Waals surface area (Å²) < 4.78 is 39.2. The van der Waals surface area contributed by atoms with Gasteiger partial charge in [-0.3, -0.25) is 0 Å². The van der Waals surface area contributed by atoms with Gasteiger partial charge in [-0.25, -0.2) is 8.42 Å². The van der Waals surface area contributed by atoms with Gasteiger partial charge in [0.25, 0.3) is 0 Å². The van der Waals surface area contributed by atoms with Crippen LogP contribution in [0.5, 0.6) is 5.75 Å². The average Bonchev–Trinajstić information content (AvgIpc) is 3.17. The molecule has 0 unspecified atom stereocenters. The van der Waals surface area contributed by atoms with Crippen molar-refractivity contribution in [3.8, 4) is 5.75 Å². The van der Waals surface area contributed by atoms with Crippen molar-refractivity contribution in [2.24, 2.45) is 11.8 Å². The van der Waals surface area contributed by atoms with Crippen LogP contribution in [-0.2, 0) is 21.2 Å². The minimum atomic E-state index is -3.18. The molecule has 1 fully saturated rings. The molecular formula is C20H29N3O5S. The Morgan fingerprint density at radius 2 is 1.93 bits per heavy atom. The van der Waals surface area contributed by atoms with Gasteiger partial charge in [-0.05, 0) is 55.4 Å². The maximum atomic E-state index is 11.5. The molecule has 0 bridgehead atoms. The van der Waals surface area contributed by atoms with Crippen LogP contribution in [0.25, 0.3) is 0 Å². The van der Waals surface area contributed by atoms with Crippen molar-refractivity contribution in [2.45, 2.75) is 37.7 Å². The summed E-state index contributed by atoms with van der Waals surface area (Å²) in [4.78, 5) is 6.80. The zero-order valence-electron chi connectivity index (χ0n) is 17.2. The van der Waals surface area contributed by atoms with E-state index in [-0.39, 0.29) is 0 Å². The van der Waals surface area contributed by atoms with Crippen molar-refractivity contribution in [3.05, 3.63) is 30.1 Å².